The van der Waals surface area contributed by atoms with E-state index in [1.54, 1.807) is 20.1 Å². The van der Waals surface area contributed by atoms with Gasteiger partial charge >= 0.3 is 5.97 Å². The molecule has 3 rings (SSSR count). The Hall–Kier alpha value is -2.67. The van der Waals surface area contributed by atoms with Gasteiger partial charge in [0.05, 0.1) is 19.4 Å². The second-order valence-electron chi connectivity index (χ2n) is 5.16. The zero-order valence-corrected chi connectivity index (χ0v) is 14.4. The first-order chi connectivity index (χ1) is 11.5. The van der Waals surface area contributed by atoms with Crippen molar-refractivity contribution in [3.63, 3.8) is 0 Å². The minimum atomic E-state index is -0.364. The lowest BCUT2D eigenvalue weighted by Gasteiger charge is -2.09. The molecular formula is C17H17N3O3S. The molecule has 0 amide bonds. The van der Waals surface area contributed by atoms with Crippen molar-refractivity contribution in [3.05, 3.63) is 34.7 Å². The van der Waals surface area contributed by atoms with Crippen molar-refractivity contribution in [2.75, 3.05) is 19.5 Å². The number of esters is 1. The molecule has 0 aliphatic carbocycles. The van der Waals surface area contributed by atoms with E-state index < -0.39 is 0 Å². The first kappa shape index (κ1) is 16.2. The number of aromatic nitrogens is 2. The zero-order valence-electron chi connectivity index (χ0n) is 13.6. The van der Waals surface area contributed by atoms with E-state index in [2.05, 4.69) is 9.97 Å². The highest BCUT2D eigenvalue weighted by atomic mass is 32.1. The Morgan fingerprint density at radius 1 is 1.29 bits per heavy atom. The molecule has 0 fully saturated rings. The molecule has 0 aliphatic heterocycles. The van der Waals surface area contributed by atoms with Crippen LogP contribution in [0.25, 0.3) is 21.5 Å². The van der Waals surface area contributed by atoms with E-state index in [0.717, 1.165) is 22.3 Å². The number of thiophene rings is 1. The molecule has 7 heteroatoms. The van der Waals surface area contributed by atoms with E-state index in [-0.39, 0.29) is 11.9 Å². The summed E-state index contributed by atoms with van der Waals surface area (Å²) in [5.74, 6) is 0.577. The average molecular weight is 343 g/mol. The number of hydrogen-bond acceptors (Lipinski definition) is 7. The van der Waals surface area contributed by atoms with E-state index in [0.29, 0.717) is 22.0 Å². The number of nitrogen functional groups attached to an aromatic ring is 1. The number of methoxy groups -OCH3 is 1. The smallest absolute Gasteiger partial charge is 0.348 e. The Morgan fingerprint density at radius 3 is 2.75 bits per heavy atom. The normalized spacial score (nSPS) is 10.8. The highest BCUT2D eigenvalue weighted by Gasteiger charge is 2.18. The lowest BCUT2D eigenvalue weighted by Crippen LogP contribution is -2.01. The van der Waals surface area contributed by atoms with Crippen LogP contribution in [0.2, 0.25) is 0 Å². The molecule has 1 aromatic carbocycles. The molecule has 0 spiro atoms. The molecule has 0 atom stereocenters. The number of nitrogens with two attached hydrogens (primary N) is 1. The van der Waals surface area contributed by atoms with Gasteiger partial charge in [-0.1, -0.05) is 0 Å². The summed E-state index contributed by atoms with van der Waals surface area (Å²) in [6, 6.07) is 7.48. The molecular weight excluding hydrogens is 326 g/mol. The van der Waals surface area contributed by atoms with Crippen LogP contribution in [0.15, 0.2) is 24.3 Å². The van der Waals surface area contributed by atoms with E-state index in [4.69, 9.17) is 15.2 Å². The molecule has 24 heavy (non-hydrogen) atoms. The lowest BCUT2D eigenvalue weighted by molar-refractivity contribution is 0.0532. The van der Waals surface area contributed by atoms with Crippen molar-refractivity contribution < 1.29 is 14.3 Å². The summed E-state index contributed by atoms with van der Waals surface area (Å²) in [6.07, 6.45) is 0. The quantitative estimate of drug-likeness (QED) is 0.730. The van der Waals surface area contributed by atoms with Gasteiger partial charge in [0.2, 0.25) is 5.95 Å². The average Bonchev–Trinajstić information content (AvgIpc) is 2.98. The molecule has 0 aliphatic rings. The summed E-state index contributed by atoms with van der Waals surface area (Å²) in [5.41, 5.74) is 8.47. The Balaban J connectivity index is 2.18. The Bertz CT molecular complexity index is 921. The number of hydrogen-bond donors (Lipinski definition) is 1. The number of ether oxygens (including phenoxy) is 2. The third-order valence-corrected chi connectivity index (χ3v) is 4.58. The topological polar surface area (TPSA) is 87.3 Å². The van der Waals surface area contributed by atoms with Gasteiger partial charge < -0.3 is 15.2 Å². The molecule has 3 aromatic rings. The molecule has 124 valence electrons. The molecule has 2 N–H and O–H groups in total. The number of fused-ring (bicyclic) bond motifs is 1. The molecule has 6 nitrogen and oxygen atoms in total. The van der Waals surface area contributed by atoms with Crippen LogP contribution in [0.5, 0.6) is 5.75 Å². The monoisotopic (exact) mass is 343 g/mol. The summed E-state index contributed by atoms with van der Waals surface area (Å²) in [4.78, 5) is 21.8. The van der Waals surface area contributed by atoms with Gasteiger partial charge in [0.1, 0.15) is 15.5 Å². The third kappa shape index (κ3) is 2.90. The number of carbonyl (C=O) groups excluding carboxylic acids is 1. The summed E-state index contributed by atoms with van der Waals surface area (Å²) in [5, 5.41) is 0.783. The Labute approximate surface area is 143 Å². The van der Waals surface area contributed by atoms with E-state index >= 15 is 0 Å². The molecule has 0 radical (unpaired) electrons. The summed E-state index contributed by atoms with van der Waals surface area (Å²) >= 11 is 1.25. The second-order valence-corrected chi connectivity index (χ2v) is 6.19. The van der Waals surface area contributed by atoms with Gasteiger partial charge in [-0.3, -0.25) is 0 Å². The zero-order chi connectivity index (χ0) is 17.3. The minimum Gasteiger partial charge on any atom is -0.497 e. The van der Waals surface area contributed by atoms with Gasteiger partial charge in [0.15, 0.2) is 0 Å². The van der Waals surface area contributed by atoms with Crippen LogP contribution in [0.3, 0.4) is 0 Å². The number of aryl methyl sites for hydroxylation is 1. The van der Waals surface area contributed by atoms with Gasteiger partial charge in [0, 0.05) is 10.9 Å². The lowest BCUT2D eigenvalue weighted by atomic mass is 10.0. The van der Waals surface area contributed by atoms with Crippen LogP contribution in [-0.2, 0) is 4.74 Å². The van der Waals surface area contributed by atoms with E-state index in [1.807, 2.05) is 25.1 Å². The predicted octanol–water partition coefficient (Wildman–Crippen LogP) is 3.43. The predicted molar refractivity (Wildman–Crippen MR) is 94.5 cm³/mol. The molecule has 0 unspecified atom stereocenters. The van der Waals surface area contributed by atoms with Crippen molar-refractivity contribution in [1.29, 1.82) is 0 Å². The minimum absolute atomic E-state index is 0.171. The maximum atomic E-state index is 12.0. The number of carbonyl (C=O) groups is 1. The molecule has 0 saturated heterocycles. The number of benzene rings is 1. The summed E-state index contributed by atoms with van der Waals surface area (Å²) in [7, 11) is 1.62. The van der Waals surface area contributed by atoms with E-state index in [1.165, 1.54) is 11.3 Å². The molecule has 0 saturated carbocycles. The SMILES string of the molecule is CCOC(=O)c1cc2c(-c3ccc(OC)cc3C)nc(N)nc2s1. The molecule has 0 bridgehead atoms. The second kappa shape index (κ2) is 6.45. The van der Waals surface area contributed by atoms with Gasteiger partial charge in [-0.05, 0) is 43.7 Å². The van der Waals surface area contributed by atoms with Crippen LogP contribution in [0, 0.1) is 6.92 Å². The van der Waals surface area contributed by atoms with Crippen LogP contribution in [0.4, 0.5) is 5.95 Å². The Morgan fingerprint density at radius 2 is 2.08 bits per heavy atom. The van der Waals surface area contributed by atoms with Crippen molar-refractivity contribution in [2.24, 2.45) is 0 Å². The standard InChI is InChI=1S/C17H17N3O3S/c1-4-23-16(21)13-8-12-14(19-17(18)20-15(12)24-13)11-6-5-10(22-3)7-9(11)2/h5-8H,4H2,1-3H3,(H2,18,19,20). The molecule has 2 aromatic heterocycles. The van der Waals surface area contributed by atoms with Crippen LogP contribution in [-0.4, -0.2) is 29.7 Å². The third-order valence-electron chi connectivity index (χ3n) is 3.58. The maximum Gasteiger partial charge on any atom is 0.348 e. The van der Waals surface area contributed by atoms with Crippen LogP contribution < -0.4 is 10.5 Å². The van der Waals surface area contributed by atoms with Crippen molar-refractivity contribution in [3.8, 4) is 17.0 Å². The number of nitrogens with zero attached hydrogens (tertiary/aromatic N) is 2. The summed E-state index contributed by atoms with van der Waals surface area (Å²) < 4.78 is 10.3. The maximum absolute atomic E-state index is 12.0. The van der Waals surface area contributed by atoms with Crippen LogP contribution in [0.1, 0.15) is 22.2 Å². The fourth-order valence-corrected chi connectivity index (χ4v) is 3.41. The van der Waals surface area contributed by atoms with Gasteiger partial charge in [-0.2, -0.15) is 0 Å². The van der Waals surface area contributed by atoms with Crippen LogP contribution >= 0.6 is 11.3 Å². The largest absolute Gasteiger partial charge is 0.497 e. The fraction of sp³-hybridized carbons (Fsp3) is 0.235. The van der Waals surface area contributed by atoms with Gasteiger partial charge in [0.25, 0.3) is 0 Å². The Kier molecular flexibility index (Phi) is 4.35. The highest BCUT2D eigenvalue weighted by molar-refractivity contribution is 7.20. The van der Waals surface area contributed by atoms with Crippen molar-refractivity contribution >= 4 is 33.5 Å². The van der Waals surface area contributed by atoms with Crippen molar-refractivity contribution in [2.45, 2.75) is 13.8 Å². The van der Waals surface area contributed by atoms with Gasteiger partial charge in [-0.25, -0.2) is 14.8 Å². The van der Waals surface area contributed by atoms with E-state index in [9.17, 15) is 4.79 Å². The number of anilines is 1. The molecule has 2 heterocycles. The fourth-order valence-electron chi connectivity index (χ4n) is 2.47. The van der Waals surface area contributed by atoms with Gasteiger partial charge in [-0.15, -0.1) is 11.3 Å². The first-order valence-electron chi connectivity index (χ1n) is 7.42. The first-order valence-corrected chi connectivity index (χ1v) is 8.24. The summed E-state index contributed by atoms with van der Waals surface area (Å²) in [6.45, 7) is 4.07. The highest BCUT2D eigenvalue weighted by Crippen LogP contribution is 2.35. The van der Waals surface area contributed by atoms with Crippen molar-refractivity contribution in [1.82, 2.24) is 9.97 Å². The number of rotatable bonds is 4.